The maximum atomic E-state index is 11.3. The monoisotopic (exact) mass is 225 g/mol. The number of carbonyl (C=O) groups is 1. The van der Waals surface area contributed by atoms with Gasteiger partial charge in [0, 0.05) is 7.05 Å². The van der Waals surface area contributed by atoms with Crippen molar-refractivity contribution in [2.75, 3.05) is 11.9 Å². The minimum atomic E-state index is -2.11. The first-order valence-electron chi connectivity index (χ1n) is 4.18. The number of amides is 1. The molecule has 0 aliphatic heterocycles. The highest BCUT2D eigenvalue weighted by molar-refractivity contribution is 7.79. The van der Waals surface area contributed by atoms with Crippen LogP contribution >= 0.6 is 0 Å². The molecular weight excluding hydrogens is 214 g/mol. The van der Waals surface area contributed by atoms with Crippen LogP contribution in [0.15, 0.2) is 41.8 Å². The summed E-state index contributed by atoms with van der Waals surface area (Å²) in [5.41, 5.74) is 0.406. The predicted molar refractivity (Wildman–Crippen MR) is 59.1 cm³/mol. The van der Waals surface area contributed by atoms with Crippen LogP contribution < -0.4 is 4.90 Å². The molecule has 0 aliphatic carbocycles. The zero-order valence-corrected chi connectivity index (χ0v) is 9.03. The Labute approximate surface area is 90.5 Å². The summed E-state index contributed by atoms with van der Waals surface area (Å²) in [4.78, 5) is 12.8. The minimum absolute atomic E-state index is 0.204. The van der Waals surface area contributed by atoms with Crippen molar-refractivity contribution in [3.05, 3.63) is 36.9 Å². The van der Waals surface area contributed by atoms with Crippen LogP contribution in [0, 0.1) is 0 Å². The molecule has 0 aromatic heterocycles. The Morgan fingerprint density at radius 2 is 2.13 bits per heavy atom. The third-order valence-electron chi connectivity index (χ3n) is 1.92. The van der Waals surface area contributed by atoms with E-state index < -0.39 is 11.1 Å². The molecule has 0 heterocycles. The van der Waals surface area contributed by atoms with E-state index in [4.69, 9.17) is 4.55 Å². The van der Waals surface area contributed by atoms with Crippen molar-refractivity contribution in [2.24, 2.45) is 0 Å². The van der Waals surface area contributed by atoms with E-state index in [1.54, 1.807) is 18.2 Å². The topological polar surface area (TPSA) is 57.6 Å². The highest BCUT2D eigenvalue weighted by Crippen LogP contribution is 2.21. The molecule has 80 valence electrons. The molecule has 0 bridgehead atoms. The van der Waals surface area contributed by atoms with Crippen molar-refractivity contribution in [1.82, 2.24) is 0 Å². The minimum Gasteiger partial charge on any atom is -0.311 e. The van der Waals surface area contributed by atoms with Crippen LogP contribution in [0.2, 0.25) is 0 Å². The van der Waals surface area contributed by atoms with E-state index in [1.165, 1.54) is 18.0 Å². The summed E-state index contributed by atoms with van der Waals surface area (Å²) >= 11 is -2.11. The number of hydrogen-bond donors (Lipinski definition) is 1. The first-order chi connectivity index (χ1) is 7.07. The Kier molecular flexibility index (Phi) is 3.76. The molecule has 0 radical (unpaired) electrons. The van der Waals surface area contributed by atoms with Crippen molar-refractivity contribution < 1.29 is 13.6 Å². The Morgan fingerprint density at radius 1 is 1.53 bits per heavy atom. The van der Waals surface area contributed by atoms with Gasteiger partial charge < -0.3 is 9.45 Å². The molecule has 0 aliphatic rings. The van der Waals surface area contributed by atoms with Crippen molar-refractivity contribution in [3.63, 3.8) is 0 Å². The van der Waals surface area contributed by atoms with Crippen LogP contribution in [-0.4, -0.2) is 21.7 Å². The van der Waals surface area contributed by atoms with E-state index in [1.807, 2.05) is 0 Å². The van der Waals surface area contributed by atoms with Gasteiger partial charge in [-0.25, -0.2) is 4.21 Å². The normalized spacial score (nSPS) is 11.9. The number of benzene rings is 1. The van der Waals surface area contributed by atoms with Gasteiger partial charge in [-0.05, 0) is 18.2 Å². The lowest BCUT2D eigenvalue weighted by atomic mass is 10.3. The zero-order chi connectivity index (χ0) is 11.4. The second-order valence-corrected chi connectivity index (χ2v) is 3.76. The van der Waals surface area contributed by atoms with Crippen molar-refractivity contribution in [2.45, 2.75) is 4.90 Å². The summed E-state index contributed by atoms with van der Waals surface area (Å²) in [5.74, 6) is -0.326. The smallest absolute Gasteiger partial charge is 0.250 e. The summed E-state index contributed by atoms with van der Waals surface area (Å²) < 4.78 is 20.0. The average molecular weight is 225 g/mol. The second-order valence-electron chi connectivity index (χ2n) is 2.82. The number of rotatable bonds is 3. The fourth-order valence-corrected chi connectivity index (χ4v) is 1.72. The fourth-order valence-electron chi connectivity index (χ4n) is 1.14. The largest absolute Gasteiger partial charge is 0.311 e. The number of nitrogens with zero attached hydrogens (tertiary/aromatic N) is 1. The molecule has 15 heavy (non-hydrogen) atoms. The van der Waals surface area contributed by atoms with Gasteiger partial charge >= 0.3 is 0 Å². The average Bonchev–Trinajstić information content (AvgIpc) is 2.27. The molecule has 5 heteroatoms. The Hall–Kier alpha value is -1.46. The van der Waals surface area contributed by atoms with Crippen LogP contribution in [0.3, 0.4) is 0 Å². The van der Waals surface area contributed by atoms with Gasteiger partial charge in [-0.2, -0.15) is 0 Å². The molecular formula is C10H11NO3S. The molecule has 0 saturated carbocycles. The van der Waals surface area contributed by atoms with E-state index in [2.05, 4.69) is 6.58 Å². The van der Waals surface area contributed by atoms with Gasteiger partial charge in [0.2, 0.25) is 5.91 Å². The van der Waals surface area contributed by atoms with Crippen molar-refractivity contribution in [3.8, 4) is 0 Å². The van der Waals surface area contributed by atoms with Gasteiger partial charge in [-0.1, -0.05) is 18.7 Å². The van der Waals surface area contributed by atoms with Crippen LogP contribution in [0.4, 0.5) is 5.69 Å². The molecule has 1 atom stereocenters. The van der Waals surface area contributed by atoms with Gasteiger partial charge in [0.15, 0.2) is 11.1 Å². The highest BCUT2D eigenvalue weighted by atomic mass is 32.2. The van der Waals surface area contributed by atoms with Crippen LogP contribution in [-0.2, 0) is 15.9 Å². The van der Waals surface area contributed by atoms with Gasteiger partial charge in [0.25, 0.3) is 0 Å². The molecule has 1 aromatic carbocycles. The van der Waals surface area contributed by atoms with Gasteiger partial charge in [-0.3, -0.25) is 4.79 Å². The van der Waals surface area contributed by atoms with E-state index >= 15 is 0 Å². The standard InChI is InChI=1S/C10H11NO3S/c1-3-10(12)11(2)8-6-4-5-7-9(8)15(13)14/h3-7H,1H2,2H3,(H,13,14). The molecule has 1 unspecified atom stereocenters. The third kappa shape index (κ3) is 2.51. The van der Waals surface area contributed by atoms with Crippen molar-refractivity contribution >= 4 is 22.7 Å². The van der Waals surface area contributed by atoms with Gasteiger partial charge in [-0.15, -0.1) is 0 Å². The molecule has 0 spiro atoms. The molecule has 4 nitrogen and oxygen atoms in total. The maximum Gasteiger partial charge on any atom is 0.250 e. The lowest BCUT2D eigenvalue weighted by Gasteiger charge is -2.17. The second kappa shape index (κ2) is 4.86. The summed E-state index contributed by atoms with van der Waals surface area (Å²) in [6, 6.07) is 6.43. The lowest BCUT2D eigenvalue weighted by Crippen LogP contribution is -2.24. The zero-order valence-electron chi connectivity index (χ0n) is 8.21. The molecule has 0 fully saturated rings. The van der Waals surface area contributed by atoms with Gasteiger partial charge in [0.1, 0.15) is 0 Å². The Balaban J connectivity index is 3.18. The number of anilines is 1. The first-order valence-corrected chi connectivity index (χ1v) is 5.28. The fraction of sp³-hybridized carbons (Fsp3) is 0.100. The third-order valence-corrected chi connectivity index (χ3v) is 2.64. The predicted octanol–water partition coefficient (Wildman–Crippen LogP) is 1.42. The van der Waals surface area contributed by atoms with E-state index in [0.29, 0.717) is 5.69 Å². The SMILES string of the molecule is C=CC(=O)N(C)c1ccccc1S(=O)O. The van der Waals surface area contributed by atoms with E-state index in [0.717, 1.165) is 6.08 Å². The highest BCUT2D eigenvalue weighted by Gasteiger charge is 2.14. The molecule has 1 amide bonds. The number of hydrogen-bond acceptors (Lipinski definition) is 2. The van der Waals surface area contributed by atoms with E-state index in [9.17, 15) is 9.00 Å². The first kappa shape index (κ1) is 11.6. The number of likely N-dealkylation sites (N-methyl/N-ethyl adjacent to an activating group) is 1. The van der Waals surface area contributed by atoms with Gasteiger partial charge in [0.05, 0.1) is 10.6 Å². The maximum absolute atomic E-state index is 11.3. The summed E-state index contributed by atoms with van der Waals surface area (Å²) in [6.45, 7) is 3.35. The summed E-state index contributed by atoms with van der Waals surface area (Å²) in [5, 5.41) is 0. The number of para-hydroxylation sites is 1. The van der Waals surface area contributed by atoms with Crippen LogP contribution in [0.5, 0.6) is 0 Å². The lowest BCUT2D eigenvalue weighted by molar-refractivity contribution is -0.113. The molecule has 1 rings (SSSR count). The van der Waals surface area contributed by atoms with Crippen molar-refractivity contribution in [1.29, 1.82) is 0 Å². The summed E-state index contributed by atoms with van der Waals surface area (Å²) in [7, 11) is 1.52. The van der Waals surface area contributed by atoms with Crippen LogP contribution in [0.1, 0.15) is 0 Å². The molecule has 1 aromatic rings. The summed E-state index contributed by atoms with van der Waals surface area (Å²) in [6.07, 6.45) is 1.15. The number of carbonyl (C=O) groups excluding carboxylic acids is 1. The Morgan fingerprint density at radius 3 is 2.67 bits per heavy atom. The van der Waals surface area contributed by atoms with Crippen LogP contribution in [0.25, 0.3) is 0 Å². The quantitative estimate of drug-likeness (QED) is 0.625. The molecule has 1 N–H and O–H groups in total. The Bertz CT molecular complexity index is 417. The van der Waals surface area contributed by atoms with E-state index in [-0.39, 0.29) is 10.8 Å². The molecule has 0 saturated heterocycles.